The van der Waals surface area contributed by atoms with Gasteiger partial charge in [0, 0.05) is 21.7 Å². The molecule has 1 unspecified atom stereocenters. The third-order valence-corrected chi connectivity index (χ3v) is 3.48. The zero-order valence-electron chi connectivity index (χ0n) is 11.2. The molecule has 106 valence electrons. The van der Waals surface area contributed by atoms with Crippen molar-refractivity contribution in [1.29, 1.82) is 0 Å². The average molecular weight is 312 g/mol. The van der Waals surface area contributed by atoms with Crippen molar-refractivity contribution in [3.05, 3.63) is 46.1 Å². The molecule has 0 aliphatic heterocycles. The second-order valence-electron chi connectivity index (χ2n) is 4.53. The molecular formula is C14H15Cl2N3O. The Morgan fingerprint density at radius 1 is 1.35 bits per heavy atom. The van der Waals surface area contributed by atoms with Crippen molar-refractivity contribution in [2.24, 2.45) is 0 Å². The Bertz CT molecular complexity index is 604. The maximum absolute atomic E-state index is 12.2. The van der Waals surface area contributed by atoms with Crippen LogP contribution in [-0.2, 0) is 0 Å². The Morgan fingerprint density at radius 3 is 2.60 bits per heavy atom. The SMILES string of the molecule is CCC(C)n1nccc1NC(=O)c1cc(Cl)cc(Cl)c1. The van der Waals surface area contributed by atoms with Gasteiger partial charge >= 0.3 is 0 Å². The molecule has 0 aliphatic carbocycles. The molecule has 1 amide bonds. The Hall–Kier alpha value is -1.52. The maximum atomic E-state index is 12.2. The minimum atomic E-state index is -0.264. The van der Waals surface area contributed by atoms with Crippen molar-refractivity contribution in [3.63, 3.8) is 0 Å². The van der Waals surface area contributed by atoms with Crippen LogP contribution in [0.15, 0.2) is 30.5 Å². The molecule has 1 aromatic heterocycles. The Kier molecular flexibility index (Phi) is 4.68. The minimum absolute atomic E-state index is 0.211. The molecule has 0 radical (unpaired) electrons. The number of aromatic nitrogens is 2. The molecule has 0 saturated heterocycles. The Labute approximate surface area is 127 Å². The normalized spacial score (nSPS) is 12.2. The van der Waals surface area contributed by atoms with Gasteiger partial charge in [0.2, 0.25) is 0 Å². The fourth-order valence-electron chi connectivity index (χ4n) is 1.81. The summed E-state index contributed by atoms with van der Waals surface area (Å²) in [4.78, 5) is 12.2. The lowest BCUT2D eigenvalue weighted by atomic mass is 10.2. The summed E-state index contributed by atoms with van der Waals surface area (Å²) < 4.78 is 1.78. The summed E-state index contributed by atoms with van der Waals surface area (Å²) in [6.07, 6.45) is 2.58. The number of halogens is 2. The van der Waals surface area contributed by atoms with Crippen LogP contribution in [0.1, 0.15) is 36.7 Å². The van der Waals surface area contributed by atoms with E-state index in [1.54, 1.807) is 35.1 Å². The third kappa shape index (κ3) is 3.32. The predicted octanol–water partition coefficient (Wildman–Crippen LogP) is 4.41. The number of hydrogen-bond acceptors (Lipinski definition) is 2. The quantitative estimate of drug-likeness (QED) is 0.909. The van der Waals surface area contributed by atoms with Gasteiger partial charge in [0.1, 0.15) is 5.82 Å². The van der Waals surface area contributed by atoms with E-state index in [1.807, 2.05) is 6.92 Å². The second kappa shape index (κ2) is 6.29. The van der Waals surface area contributed by atoms with Gasteiger partial charge in [-0.25, -0.2) is 4.68 Å². The summed E-state index contributed by atoms with van der Waals surface area (Å²) in [5.74, 6) is 0.389. The van der Waals surface area contributed by atoms with Gasteiger partial charge in [-0.05, 0) is 31.5 Å². The van der Waals surface area contributed by atoms with Crippen LogP contribution in [0.2, 0.25) is 10.0 Å². The number of nitrogens with one attached hydrogen (secondary N) is 1. The molecule has 0 bridgehead atoms. The molecule has 0 spiro atoms. The zero-order valence-corrected chi connectivity index (χ0v) is 12.7. The fraction of sp³-hybridized carbons (Fsp3) is 0.286. The average Bonchev–Trinajstić information content (AvgIpc) is 2.84. The van der Waals surface area contributed by atoms with E-state index in [4.69, 9.17) is 23.2 Å². The van der Waals surface area contributed by atoms with Crippen LogP contribution in [0.5, 0.6) is 0 Å². The molecule has 0 aliphatic rings. The van der Waals surface area contributed by atoms with E-state index < -0.39 is 0 Å². The molecule has 1 N–H and O–H groups in total. The molecule has 2 rings (SSSR count). The van der Waals surface area contributed by atoms with Gasteiger partial charge in [-0.15, -0.1) is 0 Å². The molecule has 6 heteroatoms. The van der Waals surface area contributed by atoms with E-state index in [0.717, 1.165) is 6.42 Å². The highest BCUT2D eigenvalue weighted by atomic mass is 35.5. The molecule has 4 nitrogen and oxygen atoms in total. The molecule has 1 heterocycles. The van der Waals surface area contributed by atoms with E-state index in [0.29, 0.717) is 21.4 Å². The van der Waals surface area contributed by atoms with Crippen LogP contribution in [-0.4, -0.2) is 15.7 Å². The number of nitrogens with zero attached hydrogens (tertiary/aromatic N) is 2. The van der Waals surface area contributed by atoms with Gasteiger partial charge in [0.25, 0.3) is 5.91 Å². The highest BCUT2D eigenvalue weighted by molar-refractivity contribution is 6.35. The first-order chi connectivity index (χ1) is 9.51. The Morgan fingerprint density at radius 2 is 2.00 bits per heavy atom. The van der Waals surface area contributed by atoms with Crippen LogP contribution in [0, 0.1) is 0 Å². The van der Waals surface area contributed by atoms with Gasteiger partial charge in [0.05, 0.1) is 12.2 Å². The van der Waals surface area contributed by atoms with Gasteiger partial charge < -0.3 is 5.32 Å². The van der Waals surface area contributed by atoms with Crippen LogP contribution >= 0.6 is 23.2 Å². The number of benzene rings is 1. The number of carbonyl (C=O) groups is 1. The zero-order chi connectivity index (χ0) is 14.7. The lowest BCUT2D eigenvalue weighted by Crippen LogP contribution is -2.17. The number of hydrogen-bond donors (Lipinski definition) is 1. The van der Waals surface area contributed by atoms with Crippen molar-refractivity contribution in [1.82, 2.24) is 9.78 Å². The molecule has 1 aromatic carbocycles. The Balaban J connectivity index is 2.22. The number of anilines is 1. The minimum Gasteiger partial charge on any atom is -0.307 e. The number of amides is 1. The van der Waals surface area contributed by atoms with E-state index >= 15 is 0 Å². The second-order valence-corrected chi connectivity index (χ2v) is 5.40. The van der Waals surface area contributed by atoms with E-state index in [2.05, 4.69) is 17.3 Å². The molecule has 0 fully saturated rings. The van der Waals surface area contributed by atoms with Crippen LogP contribution in [0.4, 0.5) is 5.82 Å². The van der Waals surface area contributed by atoms with E-state index in [-0.39, 0.29) is 11.9 Å². The predicted molar refractivity (Wildman–Crippen MR) is 81.6 cm³/mol. The molecule has 20 heavy (non-hydrogen) atoms. The molecule has 1 atom stereocenters. The maximum Gasteiger partial charge on any atom is 0.256 e. The fourth-order valence-corrected chi connectivity index (χ4v) is 2.34. The summed E-state index contributed by atoms with van der Waals surface area (Å²) in [5.41, 5.74) is 0.416. The first-order valence-electron chi connectivity index (χ1n) is 6.32. The van der Waals surface area contributed by atoms with Crippen LogP contribution in [0.3, 0.4) is 0 Å². The smallest absolute Gasteiger partial charge is 0.256 e. The first-order valence-corrected chi connectivity index (χ1v) is 7.07. The first kappa shape index (κ1) is 14.9. The lowest BCUT2D eigenvalue weighted by Gasteiger charge is -2.14. The van der Waals surface area contributed by atoms with Crippen molar-refractivity contribution in [3.8, 4) is 0 Å². The van der Waals surface area contributed by atoms with E-state index in [9.17, 15) is 4.79 Å². The summed E-state index contributed by atoms with van der Waals surface area (Å²) in [6.45, 7) is 4.10. The van der Waals surface area contributed by atoms with Gasteiger partial charge in [-0.2, -0.15) is 5.10 Å². The molecular weight excluding hydrogens is 297 g/mol. The monoisotopic (exact) mass is 311 g/mol. The summed E-state index contributed by atoms with van der Waals surface area (Å²) >= 11 is 11.8. The van der Waals surface area contributed by atoms with Crippen molar-refractivity contribution in [2.75, 3.05) is 5.32 Å². The van der Waals surface area contributed by atoms with Crippen molar-refractivity contribution < 1.29 is 4.79 Å². The lowest BCUT2D eigenvalue weighted by molar-refractivity contribution is 0.102. The summed E-state index contributed by atoms with van der Waals surface area (Å²) in [6, 6.07) is 6.71. The molecule has 0 saturated carbocycles. The third-order valence-electron chi connectivity index (χ3n) is 3.04. The van der Waals surface area contributed by atoms with Gasteiger partial charge in [0.15, 0.2) is 0 Å². The largest absolute Gasteiger partial charge is 0.307 e. The number of rotatable bonds is 4. The highest BCUT2D eigenvalue weighted by Gasteiger charge is 2.13. The van der Waals surface area contributed by atoms with E-state index in [1.165, 1.54) is 0 Å². The van der Waals surface area contributed by atoms with Gasteiger partial charge in [-0.1, -0.05) is 30.1 Å². The standard InChI is InChI=1S/C14H15Cl2N3O/c1-3-9(2)19-13(4-5-17-19)18-14(20)10-6-11(15)8-12(16)7-10/h4-9H,3H2,1-2H3,(H,18,20). The highest BCUT2D eigenvalue weighted by Crippen LogP contribution is 2.21. The number of carbonyl (C=O) groups excluding carboxylic acids is 1. The molecule has 2 aromatic rings. The van der Waals surface area contributed by atoms with Crippen LogP contribution < -0.4 is 5.32 Å². The summed E-state index contributed by atoms with van der Waals surface area (Å²) in [5, 5.41) is 7.90. The van der Waals surface area contributed by atoms with Crippen LogP contribution in [0.25, 0.3) is 0 Å². The van der Waals surface area contributed by atoms with Crippen molar-refractivity contribution in [2.45, 2.75) is 26.3 Å². The summed E-state index contributed by atoms with van der Waals surface area (Å²) in [7, 11) is 0. The topological polar surface area (TPSA) is 46.9 Å². The van der Waals surface area contributed by atoms with Gasteiger partial charge in [-0.3, -0.25) is 4.79 Å². The van der Waals surface area contributed by atoms with Crippen molar-refractivity contribution >= 4 is 34.9 Å².